The van der Waals surface area contributed by atoms with Gasteiger partial charge in [0, 0.05) is 28.7 Å². The molecular weight excluding hydrogens is 314 g/mol. The van der Waals surface area contributed by atoms with Crippen molar-refractivity contribution in [3.05, 3.63) is 58.7 Å². The van der Waals surface area contributed by atoms with Crippen LogP contribution in [0.4, 0.5) is 5.69 Å². The molecule has 0 radical (unpaired) electrons. The second-order valence-electron chi connectivity index (χ2n) is 7.04. The number of nitrogens with one attached hydrogen (secondary N) is 1. The van der Waals surface area contributed by atoms with Crippen molar-refractivity contribution < 1.29 is 4.74 Å². The lowest BCUT2D eigenvalue weighted by atomic mass is 9.76. The van der Waals surface area contributed by atoms with Crippen LogP contribution in [0.3, 0.4) is 0 Å². The van der Waals surface area contributed by atoms with E-state index in [-0.39, 0.29) is 6.10 Å². The van der Waals surface area contributed by atoms with Crippen molar-refractivity contribution in [3.8, 4) is 0 Å². The fraction of sp³-hybridized carbons (Fsp3) is 0.429. The monoisotopic (exact) mass is 339 g/mol. The predicted octanol–water partition coefficient (Wildman–Crippen LogP) is 5.66. The van der Waals surface area contributed by atoms with Crippen molar-refractivity contribution in [2.45, 2.75) is 43.7 Å². The van der Waals surface area contributed by atoms with E-state index < -0.39 is 0 Å². The summed E-state index contributed by atoms with van der Waals surface area (Å²) in [6.45, 7) is 5.26. The number of hydrogen-bond donors (Lipinski definition) is 1. The lowest BCUT2D eigenvalue weighted by molar-refractivity contribution is -0.0382. The summed E-state index contributed by atoms with van der Waals surface area (Å²) < 4.78 is 6.27. The Labute approximate surface area is 149 Å². The van der Waals surface area contributed by atoms with Gasteiger partial charge in [-0.2, -0.15) is 0 Å². The molecule has 3 atom stereocenters. The predicted molar refractivity (Wildman–Crippen MR) is 102 cm³/mol. The molecule has 0 saturated carbocycles. The minimum Gasteiger partial charge on any atom is -0.377 e. The number of hydrogen-bond acceptors (Lipinski definition) is 3. The molecule has 3 unspecified atom stereocenters. The minimum absolute atomic E-state index is 0.221. The van der Waals surface area contributed by atoms with Gasteiger partial charge in [0.15, 0.2) is 0 Å². The number of thioether (sulfide) groups is 1. The molecule has 3 heteroatoms. The Kier molecular flexibility index (Phi) is 4.31. The lowest BCUT2D eigenvalue weighted by Crippen LogP contribution is -2.36. The van der Waals surface area contributed by atoms with E-state index >= 15 is 0 Å². The molecule has 0 aliphatic carbocycles. The fourth-order valence-corrected chi connectivity index (χ4v) is 4.70. The minimum atomic E-state index is 0.221. The van der Waals surface area contributed by atoms with Gasteiger partial charge in [0.1, 0.15) is 0 Å². The van der Waals surface area contributed by atoms with Gasteiger partial charge in [0.25, 0.3) is 0 Å². The van der Waals surface area contributed by atoms with Crippen molar-refractivity contribution in [2.75, 3.05) is 18.2 Å². The van der Waals surface area contributed by atoms with E-state index in [0.717, 1.165) is 13.0 Å². The van der Waals surface area contributed by atoms with E-state index in [1.165, 1.54) is 39.3 Å². The van der Waals surface area contributed by atoms with Gasteiger partial charge in [0.05, 0.1) is 12.1 Å². The van der Waals surface area contributed by atoms with Crippen molar-refractivity contribution in [3.63, 3.8) is 0 Å². The molecule has 126 valence electrons. The SMILES string of the molecule is CSc1ccc(C2Nc3c(C)cc(C)cc3C3OCCCC23)cc1. The third kappa shape index (κ3) is 2.74. The Morgan fingerprint density at radius 2 is 1.92 bits per heavy atom. The van der Waals surface area contributed by atoms with Crippen LogP contribution in [0.25, 0.3) is 0 Å². The van der Waals surface area contributed by atoms with E-state index in [0.29, 0.717) is 12.0 Å². The normalized spacial score (nSPS) is 25.5. The van der Waals surface area contributed by atoms with Crippen LogP contribution >= 0.6 is 11.8 Å². The number of ether oxygens (including phenoxy) is 1. The maximum atomic E-state index is 6.27. The summed E-state index contributed by atoms with van der Waals surface area (Å²) in [5.41, 5.74) is 6.66. The number of aryl methyl sites for hydroxylation is 2. The Morgan fingerprint density at radius 1 is 1.12 bits per heavy atom. The molecule has 2 aliphatic heterocycles. The maximum Gasteiger partial charge on any atom is 0.0896 e. The average Bonchev–Trinajstić information content (AvgIpc) is 2.61. The molecule has 2 nitrogen and oxygen atoms in total. The second kappa shape index (κ2) is 6.45. The summed E-state index contributed by atoms with van der Waals surface area (Å²) in [6.07, 6.45) is 4.72. The third-order valence-electron chi connectivity index (χ3n) is 5.39. The Morgan fingerprint density at radius 3 is 2.67 bits per heavy atom. The molecule has 1 saturated heterocycles. The van der Waals surface area contributed by atoms with E-state index in [2.05, 4.69) is 61.8 Å². The second-order valence-corrected chi connectivity index (χ2v) is 7.92. The topological polar surface area (TPSA) is 21.3 Å². The van der Waals surface area contributed by atoms with Crippen molar-refractivity contribution in [1.29, 1.82) is 0 Å². The summed E-state index contributed by atoms with van der Waals surface area (Å²) >= 11 is 1.79. The van der Waals surface area contributed by atoms with Gasteiger partial charge < -0.3 is 10.1 Å². The highest BCUT2D eigenvalue weighted by atomic mass is 32.2. The smallest absolute Gasteiger partial charge is 0.0896 e. The molecule has 2 aromatic carbocycles. The van der Waals surface area contributed by atoms with Crippen molar-refractivity contribution in [1.82, 2.24) is 0 Å². The van der Waals surface area contributed by atoms with E-state index in [1.807, 2.05) is 0 Å². The molecule has 1 N–H and O–H groups in total. The molecule has 0 spiro atoms. The van der Waals surface area contributed by atoms with Crippen LogP contribution in [0.1, 0.15) is 47.2 Å². The zero-order valence-corrected chi connectivity index (χ0v) is 15.5. The van der Waals surface area contributed by atoms with Gasteiger partial charge in [-0.3, -0.25) is 0 Å². The highest BCUT2D eigenvalue weighted by molar-refractivity contribution is 7.98. The molecule has 0 aromatic heterocycles. The molecule has 24 heavy (non-hydrogen) atoms. The number of rotatable bonds is 2. The third-order valence-corrected chi connectivity index (χ3v) is 6.13. The largest absolute Gasteiger partial charge is 0.377 e. The summed E-state index contributed by atoms with van der Waals surface area (Å²) in [5.74, 6) is 0.507. The first-order valence-corrected chi connectivity index (χ1v) is 10.0. The zero-order chi connectivity index (χ0) is 16.7. The summed E-state index contributed by atoms with van der Waals surface area (Å²) in [4.78, 5) is 1.32. The van der Waals surface area contributed by atoms with Gasteiger partial charge in [-0.15, -0.1) is 11.8 Å². The van der Waals surface area contributed by atoms with E-state index in [1.54, 1.807) is 11.8 Å². The molecule has 1 fully saturated rings. The Balaban J connectivity index is 1.77. The Hall–Kier alpha value is -1.45. The fourth-order valence-electron chi connectivity index (χ4n) is 4.29. The van der Waals surface area contributed by atoms with E-state index in [9.17, 15) is 0 Å². The first kappa shape index (κ1) is 16.0. The highest BCUT2D eigenvalue weighted by Gasteiger charge is 2.40. The standard InChI is InChI=1S/C21H25NOS/c1-13-11-14(2)19-18(12-13)21-17(5-4-10-23-21)20(22-19)15-6-8-16(24-3)9-7-15/h6-9,11-12,17,20-22H,4-5,10H2,1-3H3. The van der Waals surface area contributed by atoms with Gasteiger partial charge in [-0.1, -0.05) is 29.8 Å². The number of benzene rings is 2. The molecule has 2 aromatic rings. The van der Waals surface area contributed by atoms with Gasteiger partial charge in [-0.05, 0) is 56.2 Å². The Bertz CT molecular complexity index is 740. The summed E-state index contributed by atoms with van der Waals surface area (Å²) in [7, 11) is 0. The van der Waals surface area contributed by atoms with Crippen molar-refractivity contribution >= 4 is 17.4 Å². The highest BCUT2D eigenvalue weighted by Crippen LogP contribution is 2.50. The lowest BCUT2D eigenvalue weighted by Gasteiger charge is -2.44. The number of anilines is 1. The summed E-state index contributed by atoms with van der Waals surface area (Å²) in [5, 5.41) is 3.86. The molecule has 2 heterocycles. The van der Waals surface area contributed by atoms with Gasteiger partial charge in [-0.25, -0.2) is 0 Å². The van der Waals surface area contributed by atoms with E-state index in [4.69, 9.17) is 4.74 Å². The first-order chi connectivity index (χ1) is 11.7. The van der Waals surface area contributed by atoms with Gasteiger partial charge >= 0.3 is 0 Å². The van der Waals surface area contributed by atoms with Crippen LogP contribution < -0.4 is 5.32 Å². The van der Waals surface area contributed by atoms with Crippen LogP contribution in [0.2, 0.25) is 0 Å². The average molecular weight is 340 g/mol. The number of fused-ring (bicyclic) bond motifs is 3. The van der Waals surface area contributed by atoms with Crippen LogP contribution in [-0.4, -0.2) is 12.9 Å². The molecular formula is C21H25NOS. The molecule has 2 aliphatic rings. The first-order valence-electron chi connectivity index (χ1n) is 8.80. The van der Waals surface area contributed by atoms with Crippen molar-refractivity contribution in [2.24, 2.45) is 5.92 Å². The zero-order valence-electron chi connectivity index (χ0n) is 14.6. The maximum absolute atomic E-state index is 6.27. The molecule has 0 amide bonds. The van der Waals surface area contributed by atoms with Gasteiger partial charge in [0.2, 0.25) is 0 Å². The molecule has 4 rings (SSSR count). The van der Waals surface area contributed by atoms with Crippen LogP contribution in [0.15, 0.2) is 41.3 Å². The quantitative estimate of drug-likeness (QED) is 0.713. The summed E-state index contributed by atoms with van der Waals surface area (Å²) in [6, 6.07) is 13.9. The molecule has 0 bridgehead atoms. The van der Waals surface area contributed by atoms with Crippen LogP contribution in [0, 0.1) is 19.8 Å². The van der Waals surface area contributed by atoms with Crippen LogP contribution in [-0.2, 0) is 4.74 Å². The van der Waals surface area contributed by atoms with Crippen LogP contribution in [0.5, 0.6) is 0 Å².